The van der Waals surface area contributed by atoms with Gasteiger partial charge in [0.25, 0.3) is 0 Å². The largest absolute Gasteiger partial charge is 0.504 e. The van der Waals surface area contributed by atoms with E-state index in [1.807, 2.05) is 18.2 Å². The second-order valence-corrected chi connectivity index (χ2v) is 7.97. The Balaban J connectivity index is 1.71. The second-order valence-electron chi connectivity index (χ2n) is 7.97. The fraction of sp³-hybridized carbons (Fsp3) is 0.480. The van der Waals surface area contributed by atoms with E-state index in [4.69, 9.17) is 14.5 Å². The Labute approximate surface area is 191 Å². The molecule has 1 fully saturated rings. The number of phenols is 1. The number of ether oxygens (including phenoxy) is 2. The van der Waals surface area contributed by atoms with Gasteiger partial charge in [-0.1, -0.05) is 24.6 Å². The van der Waals surface area contributed by atoms with Gasteiger partial charge in [0.2, 0.25) is 0 Å². The number of rotatable bonds is 9. The fourth-order valence-corrected chi connectivity index (χ4v) is 4.05. The lowest BCUT2D eigenvalue weighted by molar-refractivity contribution is 0.164. The van der Waals surface area contributed by atoms with Crippen molar-refractivity contribution in [3.05, 3.63) is 53.6 Å². The Morgan fingerprint density at radius 1 is 1.03 bits per heavy atom. The first-order valence-electron chi connectivity index (χ1n) is 11.4. The minimum Gasteiger partial charge on any atom is -0.504 e. The van der Waals surface area contributed by atoms with Gasteiger partial charge in [-0.3, -0.25) is 4.90 Å². The van der Waals surface area contributed by atoms with Crippen LogP contribution in [0.3, 0.4) is 0 Å². The van der Waals surface area contributed by atoms with E-state index in [1.165, 1.54) is 24.8 Å². The Kier molecular flexibility index (Phi) is 9.04. The molecule has 1 atom stereocenters. The van der Waals surface area contributed by atoms with Crippen LogP contribution in [0.2, 0.25) is 0 Å². The average molecular weight is 441 g/mol. The van der Waals surface area contributed by atoms with Crippen LogP contribution in [0.5, 0.6) is 17.2 Å². The van der Waals surface area contributed by atoms with E-state index in [0.29, 0.717) is 12.3 Å². The van der Waals surface area contributed by atoms with Gasteiger partial charge in [-0.05, 0) is 68.2 Å². The van der Waals surface area contributed by atoms with Crippen LogP contribution in [0, 0.1) is 0 Å². The predicted molar refractivity (Wildman–Crippen MR) is 129 cm³/mol. The van der Waals surface area contributed by atoms with Gasteiger partial charge in [0, 0.05) is 13.1 Å². The van der Waals surface area contributed by atoms with Crippen LogP contribution in [-0.2, 0) is 6.54 Å². The van der Waals surface area contributed by atoms with Crippen molar-refractivity contribution in [3.8, 4) is 17.2 Å². The number of benzene rings is 2. The van der Waals surface area contributed by atoms with E-state index >= 15 is 0 Å². The van der Waals surface area contributed by atoms with E-state index in [0.717, 1.165) is 43.5 Å². The Morgan fingerprint density at radius 3 is 2.41 bits per heavy atom. The van der Waals surface area contributed by atoms with Crippen molar-refractivity contribution < 1.29 is 14.6 Å². The molecule has 0 aliphatic carbocycles. The van der Waals surface area contributed by atoms with Crippen LogP contribution in [-0.4, -0.2) is 56.4 Å². The molecule has 0 spiro atoms. The minimum absolute atomic E-state index is 0.128. The molecular formula is C25H36N4O3. The monoisotopic (exact) mass is 440 g/mol. The highest BCUT2D eigenvalue weighted by atomic mass is 16.5. The number of methoxy groups -OCH3 is 2. The molecule has 0 radical (unpaired) electrons. The lowest BCUT2D eigenvalue weighted by atomic mass is 10.0. The fourth-order valence-electron chi connectivity index (χ4n) is 4.05. The third kappa shape index (κ3) is 6.53. The lowest BCUT2D eigenvalue weighted by Crippen LogP contribution is -2.44. The van der Waals surface area contributed by atoms with Crippen molar-refractivity contribution in [2.75, 3.05) is 40.4 Å². The van der Waals surface area contributed by atoms with Gasteiger partial charge in [-0.15, -0.1) is 0 Å². The molecule has 174 valence electrons. The molecule has 7 heteroatoms. The number of aliphatic imine (C=N–C) groups is 1. The third-order valence-electron chi connectivity index (χ3n) is 5.80. The number of piperidine rings is 1. The summed E-state index contributed by atoms with van der Waals surface area (Å²) in [4.78, 5) is 7.28. The molecule has 1 unspecified atom stereocenters. The summed E-state index contributed by atoms with van der Waals surface area (Å²) in [6.07, 6.45) is 3.78. The molecule has 1 saturated heterocycles. The van der Waals surface area contributed by atoms with E-state index in [-0.39, 0.29) is 11.8 Å². The maximum atomic E-state index is 10.0. The number of nitrogens with one attached hydrogen (secondary N) is 2. The molecule has 3 rings (SSSR count). The van der Waals surface area contributed by atoms with Crippen molar-refractivity contribution in [1.29, 1.82) is 0 Å². The zero-order chi connectivity index (χ0) is 22.8. The predicted octanol–water partition coefficient (Wildman–Crippen LogP) is 3.69. The normalized spacial score (nSPS) is 15.8. The maximum Gasteiger partial charge on any atom is 0.191 e. The van der Waals surface area contributed by atoms with Gasteiger partial charge in [0.05, 0.1) is 26.8 Å². The summed E-state index contributed by atoms with van der Waals surface area (Å²) in [6, 6.07) is 14.0. The summed E-state index contributed by atoms with van der Waals surface area (Å²) >= 11 is 0. The number of hydrogen-bond donors (Lipinski definition) is 3. The standard InChI is InChI=1S/C25H36N4O3/c1-4-26-25(27-17-19-8-13-24(32-3)23(30)16-19)28-18-22(29-14-6-5-7-15-29)20-9-11-21(31-2)12-10-20/h8-13,16,22,30H,4-7,14-15,17-18H2,1-3H3,(H2,26,27,28). The Bertz CT molecular complexity index is 864. The zero-order valence-corrected chi connectivity index (χ0v) is 19.4. The molecular weight excluding hydrogens is 404 g/mol. The first-order chi connectivity index (χ1) is 15.6. The zero-order valence-electron chi connectivity index (χ0n) is 19.4. The van der Waals surface area contributed by atoms with Crippen molar-refractivity contribution in [2.24, 2.45) is 4.99 Å². The van der Waals surface area contributed by atoms with Crippen molar-refractivity contribution >= 4 is 5.96 Å². The number of nitrogens with zero attached hydrogens (tertiary/aromatic N) is 2. The second kappa shape index (κ2) is 12.2. The smallest absolute Gasteiger partial charge is 0.191 e. The van der Waals surface area contributed by atoms with Gasteiger partial charge in [-0.25, -0.2) is 4.99 Å². The van der Waals surface area contributed by atoms with Gasteiger partial charge in [0.15, 0.2) is 17.5 Å². The summed E-state index contributed by atoms with van der Waals surface area (Å²) in [7, 11) is 3.24. The highest BCUT2D eigenvalue weighted by Crippen LogP contribution is 2.27. The van der Waals surface area contributed by atoms with Gasteiger partial charge in [0.1, 0.15) is 5.75 Å². The van der Waals surface area contributed by atoms with E-state index in [9.17, 15) is 5.11 Å². The average Bonchev–Trinajstić information content (AvgIpc) is 2.83. The Morgan fingerprint density at radius 2 is 1.78 bits per heavy atom. The number of phenolic OH excluding ortho intramolecular Hbond substituents is 1. The van der Waals surface area contributed by atoms with Crippen LogP contribution in [0.15, 0.2) is 47.5 Å². The lowest BCUT2D eigenvalue weighted by Gasteiger charge is -2.35. The molecule has 2 aromatic carbocycles. The number of aromatic hydroxyl groups is 1. The molecule has 1 heterocycles. The molecule has 3 N–H and O–H groups in total. The Hall–Kier alpha value is -2.93. The molecule has 7 nitrogen and oxygen atoms in total. The van der Waals surface area contributed by atoms with Crippen molar-refractivity contribution in [3.63, 3.8) is 0 Å². The third-order valence-corrected chi connectivity index (χ3v) is 5.80. The van der Waals surface area contributed by atoms with E-state index in [2.05, 4.69) is 34.6 Å². The van der Waals surface area contributed by atoms with Gasteiger partial charge in [-0.2, -0.15) is 0 Å². The first kappa shape index (κ1) is 23.7. The molecule has 32 heavy (non-hydrogen) atoms. The SMILES string of the molecule is CCNC(=NCc1ccc(OC)c(O)c1)NCC(c1ccc(OC)cc1)N1CCCCC1. The van der Waals surface area contributed by atoms with Crippen LogP contribution < -0.4 is 20.1 Å². The van der Waals surface area contributed by atoms with Gasteiger partial charge < -0.3 is 25.2 Å². The van der Waals surface area contributed by atoms with Crippen LogP contribution in [0.4, 0.5) is 0 Å². The van der Waals surface area contributed by atoms with E-state index < -0.39 is 0 Å². The van der Waals surface area contributed by atoms with Crippen LogP contribution in [0.1, 0.15) is 43.4 Å². The molecule has 2 aromatic rings. The first-order valence-corrected chi connectivity index (χ1v) is 11.4. The van der Waals surface area contributed by atoms with Gasteiger partial charge >= 0.3 is 0 Å². The van der Waals surface area contributed by atoms with Crippen LogP contribution in [0.25, 0.3) is 0 Å². The molecule has 1 aliphatic heterocycles. The summed E-state index contributed by atoms with van der Waals surface area (Å²) < 4.78 is 10.5. The number of guanidine groups is 1. The van der Waals surface area contributed by atoms with Crippen molar-refractivity contribution in [2.45, 2.75) is 38.8 Å². The highest BCUT2D eigenvalue weighted by Gasteiger charge is 2.22. The topological polar surface area (TPSA) is 78.4 Å². The van der Waals surface area contributed by atoms with E-state index in [1.54, 1.807) is 26.4 Å². The molecule has 1 aliphatic rings. The molecule has 0 saturated carbocycles. The molecule has 0 amide bonds. The summed E-state index contributed by atoms with van der Waals surface area (Å²) in [5, 5.41) is 16.9. The maximum absolute atomic E-state index is 10.0. The summed E-state index contributed by atoms with van der Waals surface area (Å²) in [5.41, 5.74) is 2.19. The summed E-state index contributed by atoms with van der Waals surface area (Å²) in [5.74, 6) is 2.23. The number of hydrogen-bond acceptors (Lipinski definition) is 5. The molecule has 0 aromatic heterocycles. The molecule has 0 bridgehead atoms. The summed E-state index contributed by atoms with van der Waals surface area (Å²) in [6.45, 7) is 6.27. The number of likely N-dealkylation sites (tertiary alicyclic amines) is 1. The minimum atomic E-state index is 0.128. The van der Waals surface area contributed by atoms with Crippen molar-refractivity contribution in [1.82, 2.24) is 15.5 Å². The quantitative estimate of drug-likeness (QED) is 0.408. The highest BCUT2D eigenvalue weighted by molar-refractivity contribution is 5.79. The van der Waals surface area contributed by atoms with Crippen LogP contribution >= 0.6 is 0 Å².